The summed E-state index contributed by atoms with van der Waals surface area (Å²) >= 11 is 0. The lowest BCUT2D eigenvalue weighted by Crippen LogP contribution is -2.24. The van der Waals surface area contributed by atoms with Gasteiger partial charge in [-0.05, 0) is 25.8 Å². The van der Waals surface area contributed by atoms with Gasteiger partial charge in [0.1, 0.15) is 0 Å². The Hall–Kier alpha value is -1.10. The zero-order chi connectivity index (χ0) is 12.2. The third-order valence-corrected chi connectivity index (χ3v) is 2.22. The van der Waals surface area contributed by atoms with Gasteiger partial charge in [-0.2, -0.15) is 0 Å². The van der Waals surface area contributed by atoms with Crippen LogP contribution in [0.5, 0.6) is 0 Å². The lowest BCUT2D eigenvalue weighted by molar-refractivity contribution is -0.140. The lowest BCUT2D eigenvalue weighted by atomic mass is 10.2. The topological polar surface area (TPSA) is 81.4 Å². The molecule has 0 heterocycles. The summed E-state index contributed by atoms with van der Waals surface area (Å²) in [5.74, 6) is -0.120. The lowest BCUT2D eigenvalue weighted by Gasteiger charge is -2.04. The predicted molar refractivity (Wildman–Crippen MR) is 61.8 cm³/mol. The molecule has 0 aromatic rings. The fourth-order valence-electron chi connectivity index (χ4n) is 1.25. The van der Waals surface area contributed by atoms with Gasteiger partial charge in [0.15, 0.2) is 0 Å². The fraction of sp³-hybridized carbons (Fsp3) is 0.818. The summed E-state index contributed by atoms with van der Waals surface area (Å²) in [6.07, 6.45) is 4.31. The number of nitrogens with one attached hydrogen (secondary N) is 1. The molecule has 0 aliphatic carbocycles. The summed E-state index contributed by atoms with van der Waals surface area (Å²) < 4.78 is 4.52. The average molecular weight is 230 g/mol. The first-order chi connectivity index (χ1) is 7.70. The molecular weight excluding hydrogens is 208 g/mol. The number of hydrogen-bond donors (Lipinski definition) is 2. The zero-order valence-corrected chi connectivity index (χ0v) is 9.96. The summed E-state index contributed by atoms with van der Waals surface area (Å²) in [6.45, 7) is 1.22. The molecule has 0 fully saturated rings. The summed E-state index contributed by atoms with van der Waals surface area (Å²) in [5.41, 5.74) is 5.29. The van der Waals surface area contributed by atoms with Crippen molar-refractivity contribution in [2.45, 2.75) is 38.5 Å². The maximum absolute atomic E-state index is 11.1. The Bertz CT molecular complexity index is 207. The van der Waals surface area contributed by atoms with Crippen molar-refractivity contribution in [1.29, 1.82) is 0 Å². The maximum atomic E-state index is 11.1. The third-order valence-electron chi connectivity index (χ3n) is 2.22. The van der Waals surface area contributed by atoms with E-state index in [2.05, 4.69) is 10.1 Å². The smallest absolute Gasteiger partial charge is 0.305 e. The highest BCUT2D eigenvalue weighted by Crippen LogP contribution is 2.00. The van der Waals surface area contributed by atoms with Gasteiger partial charge in [0.25, 0.3) is 0 Å². The highest BCUT2D eigenvalue weighted by atomic mass is 16.5. The van der Waals surface area contributed by atoms with E-state index in [0.29, 0.717) is 25.9 Å². The Morgan fingerprint density at radius 1 is 1.12 bits per heavy atom. The molecule has 0 atom stereocenters. The summed E-state index contributed by atoms with van der Waals surface area (Å²) in [6, 6.07) is 0. The minimum atomic E-state index is -0.174. The minimum absolute atomic E-state index is 0.0541. The van der Waals surface area contributed by atoms with Crippen molar-refractivity contribution in [2.75, 3.05) is 20.2 Å². The zero-order valence-electron chi connectivity index (χ0n) is 9.96. The van der Waals surface area contributed by atoms with E-state index in [1.807, 2.05) is 0 Å². The highest BCUT2D eigenvalue weighted by Gasteiger charge is 2.01. The first-order valence-corrected chi connectivity index (χ1v) is 5.74. The third kappa shape index (κ3) is 9.45. The molecule has 0 aliphatic heterocycles. The number of ether oxygens (including phenoxy) is 1. The van der Waals surface area contributed by atoms with Crippen molar-refractivity contribution in [1.82, 2.24) is 5.32 Å². The van der Waals surface area contributed by atoms with Crippen molar-refractivity contribution >= 4 is 11.9 Å². The number of carbonyl (C=O) groups excluding carboxylic acids is 2. The number of unbranched alkanes of at least 4 members (excludes halogenated alkanes) is 2. The van der Waals surface area contributed by atoms with E-state index in [4.69, 9.17) is 5.73 Å². The van der Waals surface area contributed by atoms with Crippen LogP contribution in [0.4, 0.5) is 0 Å². The first-order valence-electron chi connectivity index (χ1n) is 5.74. The van der Waals surface area contributed by atoms with E-state index in [-0.39, 0.29) is 11.9 Å². The quantitative estimate of drug-likeness (QED) is 0.448. The second-order valence-electron chi connectivity index (χ2n) is 3.63. The van der Waals surface area contributed by atoms with Crippen molar-refractivity contribution in [2.24, 2.45) is 5.73 Å². The maximum Gasteiger partial charge on any atom is 0.305 e. The van der Waals surface area contributed by atoms with Gasteiger partial charge in [-0.3, -0.25) is 9.59 Å². The monoisotopic (exact) mass is 230 g/mol. The van der Waals surface area contributed by atoms with Crippen LogP contribution in [0.2, 0.25) is 0 Å². The van der Waals surface area contributed by atoms with E-state index in [1.54, 1.807) is 0 Å². The molecule has 5 nitrogen and oxygen atoms in total. The van der Waals surface area contributed by atoms with Crippen LogP contribution in [0.1, 0.15) is 38.5 Å². The Kier molecular flexibility index (Phi) is 9.70. The highest BCUT2D eigenvalue weighted by molar-refractivity contribution is 5.75. The van der Waals surface area contributed by atoms with E-state index < -0.39 is 0 Å². The molecule has 94 valence electrons. The number of methoxy groups -OCH3 is 1. The van der Waals surface area contributed by atoms with Gasteiger partial charge in [-0.25, -0.2) is 0 Å². The first kappa shape index (κ1) is 14.9. The van der Waals surface area contributed by atoms with Gasteiger partial charge >= 0.3 is 5.97 Å². The van der Waals surface area contributed by atoms with Gasteiger partial charge in [-0.1, -0.05) is 6.42 Å². The molecule has 0 rings (SSSR count). The van der Waals surface area contributed by atoms with E-state index in [0.717, 1.165) is 25.7 Å². The molecule has 0 saturated heterocycles. The molecule has 0 aromatic heterocycles. The summed E-state index contributed by atoms with van der Waals surface area (Å²) in [4.78, 5) is 21.9. The second-order valence-corrected chi connectivity index (χ2v) is 3.63. The van der Waals surface area contributed by atoms with Gasteiger partial charge in [0.2, 0.25) is 5.91 Å². The Morgan fingerprint density at radius 3 is 2.50 bits per heavy atom. The second kappa shape index (κ2) is 10.4. The summed E-state index contributed by atoms with van der Waals surface area (Å²) in [7, 11) is 1.39. The SMILES string of the molecule is COC(=O)CCCCCNC(=O)CCCN. The molecule has 5 heteroatoms. The molecule has 0 bridgehead atoms. The van der Waals surface area contributed by atoms with Gasteiger partial charge in [0.05, 0.1) is 7.11 Å². The molecule has 3 N–H and O–H groups in total. The van der Waals surface area contributed by atoms with Crippen LogP contribution in [0, 0.1) is 0 Å². The fourth-order valence-corrected chi connectivity index (χ4v) is 1.25. The number of amides is 1. The molecular formula is C11H22N2O3. The normalized spacial score (nSPS) is 9.88. The van der Waals surface area contributed by atoms with E-state index >= 15 is 0 Å². The number of esters is 1. The van der Waals surface area contributed by atoms with Crippen molar-refractivity contribution < 1.29 is 14.3 Å². The predicted octanol–water partition coefficient (Wildman–Crippen LogP) is 0.575. The van der Waals surface area contributed by atoms with Crippen molar-refractivity contribution in [3.05, 3.63) is 0 Å². The van der Waals surface area contributed by atoms with Gasteiger partial charge < -0.3 is 15.8 Å². The number of nitrogens with two attached hydrogens (primary N) is 1. The van der Waals surface area contributed by atoms with Crippen LogP contribution in [0.15, 0.2) is 0 Å². The Labute approximate surface area is 96.7 Å². The van der Waals surface area contributed by atoms with E-state index in [9.17, 15) is 9.59 Å². The average Bonchev–Trinajstić information content (AvgIpc) is 2.30. The minimum Gasteiger partial charge on any atom is -0.469 e. The van der Waals surface area contributed by atoms with Crippen LogP contribution >= 0.6 is 0 Å². The van der Waals surface area contributed by atoms with Gasteiger partial charge in [0, 0.05) is 19.4 Å². The van der Waals surface area contributed by atoms with E-state index in [1.165, 1.54) is 7.11 Å². The van der Waals surface area contributed by atoms with Crippen molar-refractivity contribution in [3.8, 4) is 0 Å². The largest absolute Gasteiger partial charge is 0.469 e. The molecule has 0 saturated carbocycles. The molecule has 16 heavy (non-hydrogen) atoms. The van der Waals surface area contributed by atoms with Crippen LogP contribution in [-0.2, 0) is 14.3 Å². The van der Waals surface area contributed by atoms with Crippen LogP contribution in [0.3, 0.4) is 0 Å². The van der Waals surface area contributed by atoms with Gasteiger partial charge in [-0.15, -0.1) is 0 Å². The molecule has 0 spiro atoms. The standard InChI is InChI=1S/C11H22N2O3/c1-16-11(15)7-3-2-4-9-13-10(14)6-5-8-12/h2-9,12H2,1H3,(H,13,14). The molecule has 0 aromatic carbocycles. The Morgan fingerprint density at radius 2 is 1.88 bits per heavy atom. The van der Waals surface area contributed by atoms with Crippen molar-refractivity contribution in [3.63, 3.8) is 0 Å². The van der Waals surface area contributed by atoms with Crippen LogP contribution in [0.25, 0.3) is 0 Å². The molecule has 0 aliphatic rings. The number of rotatable bonds is 9. The molecule has 0 unspecified atom stereocenters. The van der Waals surface area contributed by atoms with Crippen LogP contribution in [-0.4, -0.2) is 32.1 Å². The molecule has 0 radical (unpaired) electrons. The number of carbonyl (C=O) groups is 2. The Balaban J connectivity index is 3.20. The molecule has 1 amide bonds. The summed E-state index contributed by atoms with van der Waals surface area (Å²) in [5, 5.41) is 2.81. The van der Waals surface area contributed by atoms with Crippen LogP contribution < -0.4 is 11.1 Å². The number of hydrogen-bond acceptors (Lipinski definition) is 4.